The lowest BCUT2D eigenvalue weighted by Crippen LogP contribution is -2.01. The normalized spacial score (nSPS) is 10.6. The Labute approximate surface area is 175 Å². The highest BCUT2D eigenvalue weighted by Crippen LogP contribution is 2.35. The van der Waals surface area contributed by atoms with E-state index in [1.54, 1.807) is 0 Å². The van der Waals surface area contributed by atoms with Gasteiger partial charge in [-0.3, -0.25) is 0 Å². The zero-order chi connectivity index (χ0) is 18.5. The Morgan fingerprint density at radius 3 is 2.12 bits per heavy atom. The van der Waals surface area contributed by atoms with Crippen LogP contribution in [0, 0.1) is 6.92 Å². The number of nitrogens with one attached hydrogen (secondary N) is 1. The summed E-state index contributed by atoms with van der Waals surface area (Å²) in [7, 11) is 0. The quantitative estimate of drug-likeness (QED) is 0.386. The number of benzene rings is 3. The van der Waals surface area contributed by atoms with E-state index >= 15 is 0 Å². The fourth-order valence-electron chi connectivity index (χ4n) is 2.46. The number of rotatable bonds is 6. The summed E-state index contributed by atoms with van der Waals surface area (Å²) in [6.45, 7) is 3.30. The van der Waals surface area contributed by atoms with Gasteiger partial charge in [0.1, 0.15) is 12.4 Å². The van der Waals surface area contributed by atoms with E-state index < -0.39 is 0 Å². The van der Waals surface area contributed by atoms with E-state index in [1.807, 2.05) is 24.3 Å². The minimum absolute atomic E-state index is 0.481. The molecule has 0 heterocycles. The lowest BCUT2D eigenvalue weighted by Gasteiger charge is -2.13. The Balaban J connectivity index is 1.65. The second kappa shape index (κ2) is 8.94. The summed E-state index contributed by atoms with van der Waals surface area (Å²) in [4.78, 5) is 0. The molecule has 0 spiro atoms. The van der Waals surface area contributed by atoms with E-state index in [-0.39, 0.29) is 0 Å². The molecule has 0 radical (unpaired) electrons. The summed E-state index contributed by atoms with van der Waals surface area (Å²) in [5, 5.41) is 4.15. The third-order valence-electron chi connectivity index (χ3n) is 3.90. The van der Waals surface area contributed by atoms with Crippen LogP contribution in [0.25, 0.3) is 0 Å². The molecule has 0 aromatic heterocycles. The van der Waals surface area contributed by atoms with Crippen LogP contribution in [0.3, 0.4) is 0 Å². The maximum atomic E-state index is 5.97. The minimum atomic E-state index is 0.481. The zero-order valence-corrected chi connectivity index (χ0v) is 18.2. The third-order valence-corrected chi connectivity index (χ3v) is 5.33. The second-order valence-corrected chi connectivity index (χ2v) is 8.17. The van der Waals surface area contributed by atoms with Crippen LogP contribution in [0.1, 0.15) is 16.7 Å². The van der Waals surface area contributed by atoms with Crippen LogP contribution < -0.4 is 10.1 Å². The molecular weight excluding hydrogens is 477 g/mol. The minimum Gasteiger partial charge on any atom is -0.487 e. The van der Waals surface area contributed by atoms with Crippen molar-refractivity contribution in [2.45, 2.75) is 20.1 Å². The van der Waals surface area contributed by atoms with Crippen molar-refractivity contribution in [2.24, 2.45) is 0 Å². The number of halogens is 3. The van der Waals surface area contributed by atoms with Gasteiger partial charge in [-0.05, 0) is 86.3 Å². The Morgan fingerprint density at radius 1 is 0.885 bits per heavy atom. The lowest BCUT2D eigenvalue weighted by molar-refractivity contribution is 0.302. The van der Waals surface area contributed by atoms with E-state index in [4.69, 9.17) is 16.3 Å². The van der Waals surface area contributed by atoms with Gasteiger partial charge in [0, 0.05) is 17.3 Å². The van der Waals surface area contributed by atoms with Crippen LogP contribution >= 0.6 is 43.5 Å². The van der Waals surface area contributed by atoms with Gasteiger partial charge in [-0.25, -0.2) is 0 Å². The Bertz CT molecular complexity index is 857. The van der Waals surface area contributed by atoms with Gasteiger partial charge in [-0.1, -0.05) is 41.4 Å². The topological polar surface area (TPSA) is 21.3 Å². The highest BCUT2D eigenvalue weighted by Gasteiger charge is 2.10. The van der Waals surface area contributed by atoms with E-state index in [0.29, 0.717) is 6.61 Å². The molecule has 0 unspecified atom stereocenters. The highest BCUT2D eigenvalue weighted by molar-refractivity contribution is 9.11. The number of anilines is 1. The van der Waals surface area contributed by atoms with Crippen LogP contribution in [0.2, 0.25) is 5.02 Å². The molecule has 0 fully saturated rings. The maximum Gasteiger partial charge on any atom is 0.148 e. The van der Waals surface area contributed by atoms with Crippen molar-refractivity contribution in [2.75, 3.05) is 5.32 Å². The number of aryl methyl sites for hydroxylation is 1. The monoisotopic (exact) mass is 493 g/mol. The van der Waals surface area contributed by atoms with Gasteiger partial charge in [-0.15, -0.1) is 0 Å². The van der Waals surface area contributed by atoms with E-state index in [0.717, 1.165) is 43.1 Å². The van der Waals surface area contributed by atoms with Crippen LogP contribution in [0.15, 0.2) is 69.6 Å². The molecule has 0 saturated heterocycles. The van der Waals surface area contributed by atoms with E-state index in [2.05, 4.69) is 80.5 Å². The van der Waals surface area contributed by atoms with Crippen molar-refractivity contribution in [3.63, 3.8) is 0 Å². The summed E-state index contributed by atoms with van der Waals surface area (Å²) in [5.41, 5.74) is 4.58. The molecule has 3 rings (SSSR count). The first kappa shape index (κ1) is 19.3. The van der Waals surface area contributed by atoms with Crippen molar-refractivity contribution in [3.8, 4) is 5.75 Å². The van der Waals surface area contributed by atoms with Crippen molar-refractivity contribution >= 4 is 49.1 Å². The summed E-state index contributed by atoms with van der Waals surface area (Å²) in [6, 6.07) is 20.2. The molecule has 0 bridgehead atoms. The van der Waals surface area contributed by atoms with Crippen molar-refractivity contribution in [3.05, 3.63) is 91.3 Å². The van der Waals surface area contributed by atoms with Crippen molar-refractivity contribution in [1.29, 1.82) is 0 Å². The standard InChI is InChI=1S/C21H18Br2ClNO/c1-14-2-8-18(9-3-14)25-12-16-10-19(22)21(20(23)11-16)26-13-15-4-6-17(24)7-5-15/h2-11,25H,12-13H2,1H3. The van der Waals surface area contributed by atoms with Crippen LogP contribution in [-0.4, -0.2) is 0 Å². The van der Waals surface area contributed by atoms with Gasteiger partial charge in [0.25, 0.3) is 0 Å². The second-order valence-electron chi connectivity index (χ2n) is 6.02. The fraction of sp³-hybridized carbons (Fsp3) is 0.143. The molecule has 0 aliphatic carbocycles. The molecule has 2 nitrogen and oxygen atoms in total. The summed E-state index contributed by atoms with van der Waals surface area (Å²) in [6.07, 6.45) is 0. The van der Waals surface area contributed by atoms with Crippen LogP contribution in [0.5, 0.6) is 5.75 Å². The molecule has 3 aromatic rings. The lowest BCUT2D eigenvalue weighted by atomic mass is 10.2. The average molecular weight is 496 g/mol. The Morgan fingerprint density at radius 2 is 1.50 bits per heavy atom. The molecular formula is C21H18Br2ClNO. The molecule has 3 aromatic carbocycles. The van der Waals surface area contributed by atoms with Gasteiger partial charge in [-0.2, -0.15) is 0 Å². The zero-order valence-electron chi connectivity index (χ0n) is 14.2. The predicted octanol–water partition coefficient (Wildman–Crippen LogP) is 7.36. The third kappa shape index (κ3) is 5.26. The largest absolute Gasteiger partial charge is 0.487 e. The number of ether oxygens (including phenoxy) is 1. The molecule has 0 saturated carbocycles. The summed E-state index contributed by atoms with van der Waals surface area (Å²) < 4.78 is 7.80. The van der Waals surface area contributed by atoms with Gasteiger partial charge in [0.2, 0.25) is 0 Å². The molecule has 0 aliphatic heterocycles. The van der Waals surface area contributed by atoms with E-state index in [1.165, 1.54) is 5.56 Å². The molecule has 0 aliphatic rings. The predicted molar refractivity (Wildman–Crippen MR) is 116 cm³/mol. The maximum absolute atomic E-state index is 5.97. The summed E-state index contributed by atoms with van der Waals surface area (Å²) in [5.74, 6) is 0.791. The van der Waals surface area contributed by atoms with Crippen LogP contribution in [0.4, 0.5) is 5.69 Å². The molecule has 1 N–H and O–H groups in total. The van der Waals surface area contributed by atoms with Gasteiger partial charge in [0.05, 0.1) is 8.95 Å². The first-order valence-electron chi connectivity index (χ1n) is 8.17. The van der Waals surface area contributed by atoms with Crippen molar-refractivity contribution in [1.82, 2.24) is 0 Å². The smallest absolute Gasteiger partial charge is 0.148 e. The first-order valence-corrected chi connectivity index (χ1v) is 10.1. The SMILES string of the molecule is Cc1ccc(NCc2cc(Br)c(OCc3ccc(Cl)cc3)c(Br)c2)cc1. The Kier molecular flexibility index (Phi) is 6.63. The Hall–Kier alpha value is -1.49. The van der Waals surface area contributed by atoms with Crippen LogP contribution in [-0.2, 0) is 13.2 Å². The molecule has 0 atom stereocenters. The number of hydrogen-bond donors (Lipinski definition) is 1. The van der Waals surface area contributed by atoms with Gasteiger partial charge in [0.15, 0.2) is 0 Å². The fourth-order valence-corrected chi connectivity index (χ4v) is 4.10. The van der Waals surface area contributed by atoms with E-state index in [9.17, 15) is 0 Å². The molecule has 5 heteroatoms. The van der Waals surface area contributed by atoms with Gasteiger partial charge >= 0.3 is 0 Å². The molecule has 26 heavy (non-hydrogen) atoms. The molecule has 0 amide bonds. The summed E-state index contributed by atoms with van der Waals surface area (Å²) >= 11 is 13.1. The van der Waals surface area contributed by atoms with Crippen molar-refractivity contribution < 1.29 is 4.74 Å². The highest BCUT2D eigenvalue weighted by atomic mass is 79.9. The molecule has 134 valence electrons. The first-order chi connectivity index (χ1) is 12.5. The number of hydrogen-bond acceptors (Lipinski definition) is 2. The van der Waals surface area contributed by atoms with Gasteiger partial charge < -0.3 is 10.1 Å². The average Bonchev–Trinajstić information content (AvgIpc) is 2.62.